The fraction of sp³-hybridized carbons (Fsp3) is 0.0417. The van der Waals surface area contributed by atoms with Crippen LogP contribution in [0.3, 0.4) is 0 Å². The third-order valence-electron chi connectivity index (χ3n) is 4.64. The minimum atomic E-state index is -0.969. The predicted octanol–water partition coefficient (Wildman–Crippen LogP) is 6.01. The van der Waals surface area contributed by atoms with Gasteiger partial charge in [0.25, 0.3) is 5.91 Å². The van der Waals surface area contributed by atoms with Crippen LogP contribution < -0.4 is 5.32 Å². The maximum absolute atomic E-state index is 12.7. The Balaban J connectivity index is 1.55. The Hall–Kier alpha value is -3.48. The number of hydrogen-bond acceptors (Lipinski definition) is 4. The van der Waals surface area contributed by atoms with Crippen LogP contribution in [-0.4, -0.2) is 22.0 Å². The first-order valence-electron chi connectivity index (χ1n) is 9.42. The average molecular weight is 449 g/mol. The Morgan fingerprint density at radius 3 is 2.32 bits per heavy atom. The fourth-order valence-corrected chi connectivity index (χ4v) is 4.06. The number of carboxylic acid groups (broad SMARTS) is 1. The second-order valence-electron chi connectivity index (χ2n) is 6.81. The van der Waals surface area contributed by atoms with Crippen LogP contribution in [0.2, 0.25) is 5.02 Å². The molecule has 1 heterocycles. The number of benzene rings is 3. The van der Waals surface area contributed by atoms with Gasteiger partial charge in [-0.2, -0.15) is 0 Å². The summed E-state index contributed by atoms with van der Waals surface area (Å²) in [6.45, 7) is 0. The van der Waals surface area contributed by atoms with Gasteiger partial charge in [-0.3, -0.25) is 14.9 Å². The van der Waals surface area contributed by atoms with Crippen molar-refractivity contribution in [3.05, 3.63) is 94.5 Å². The Bertz CT molecular complexity index is 1240. The maximum atomic E-state index is 12.7. The molecule has 0 unspecified atom stereocenters. The molecule has 0 aliphatic heterocycles. The quantitative estimate of drug-likeness (QED) is 0.378. The lowest BCUT2D eigenvalue weighted by Gasteiger charge is -2.09. The lowest BCUT2D eigenvalue weighted by atomic mass is 9.99. The number of carbonyl (C=O) groups excluding carboxylic acids is 1. The zero-order chi connectivity index (χ0) is 21.8. The van der Waals surface area contributed by atoms with Crippen LogP contribution >= 0.6 is 22.9 Å². The first-order valence-corrected chi connectivity index (χ1v) is 10.7. The van der Waals surface area contributed by atoms with Crippen LogP contribution in [0.15, 0.2) is 78.2 Å². The van der Waals surface area contributed by atoms with Crippen molar-refractivity contribution < 1.29 is 14.7 Å². The Kier molecular flexibility index (Phi) is 6.11. The van der Waals surface area contributed by atoms with E-state index in [0.717, 1.165) is 22.3 Å². The molecule has 3 aromatic carbocycles. The van der Waals surface area contributed by atoms with Gasteiger partial charge in [0.1, 0.15) is 0 Å². The first kappa shape index (κ1) is 20.8. The number of anilines is 1. The van der Waals surface area contributed by atoms with Gasteiger partial charge in [-0.05, 0) is 34.9 Å². The Labute approximate surface area is 188 Å². The van der Waals surface area contributed by atoms with Gasteiger partial charge in [0.2, 0.25) is 0 Å². The van der Waals surface area contributed by atoms with Crippen LogP contribution in [0.25, 0.3) is 22.3 Å². The minimum Gasteiger partial charge on any atom is -0.481 e. The molecule has 0 spiro atoms. The number of rotatable bonds is 6. The third-order valence-corrected chi connectivity index (χ3v) is 5.77. The number of aromatic nitrogens is 1. The zero-order valence-electron chi connectivity index (χ0n) is 16.2. The zero-order valence-corrected chi connectivity index (χ0v) is 17.8. The lowest BCUT2D eigenvalue weighted by Crippen LogP contribution is -2.12. The highest BCUT2D eigenvalue weighted by Gasteiger charge is 2.13. The van der Waals surface area contributed by atoms with Crippen molar-refractivity contribution >= 4 is 39.9 Å². The van der Waals surface area contributed by atoms with Gasteiger partial charge in [0, 0.05) is 21.5 Å². The molecule has 0 fully saturated rings. The minimum absolute atomic E-state index is 0.184. The number of hydrogen-bond donors (Lipinski definition) is 2. The number of halogens is 1. The van der Waals surface area contributed by atoms with Crippen molar-refractivity contribution in [2.75, 3.05) is 5.32 Å². The Morgan fingerprint density at radius 2 is 1.61 bits per heavy atom. The molecule has 1 amide bonds. The summed E-state index contributed by atoms with van der Waals surface area (Å²) in [4.78, 5) is 27.6. The number of thiazole rings is 1. The van der Waals surface area contributed by atoms with E-state index in [4.69, 9.17) is 16.7 Å². The number of nitrogens with zero attached hydrogens (tertiary/aromatic N) is 1. The summed E-state index contributed by atoms with van der Waals surface area (Å²) in [5.41, 5.74) is 4.70. The van der Waals surface area contributed by atoms with Gasteiger partial charge in [0.15, 0.2) is 5.13 Å². The van der Waals surface area contributed by atoms with Gasteiger partial charge in [0.05, 0.1) is 12.1 Å². The molecule has 4 rings (SSSR count). The molecule has 1 aromatic heterocycles. The van der Waals surface area contributed by atoms with Crippen molar-refractivity contribution in [2.45, 2.75) is 6.42 Å². The summed E-state index contributed by atoms with van der Waals surface area (Å²) >= 11 is 7.59. The number of aliphatic carboxylic acids is 1. The number of carboxylic acids is 1. The molecule has 2 N–H and O–H groups in total. The third kappa shape index (κ3) is 4.99. The van der Waals surface area contributed by atoms with Gasteiger partial charge in [-0.1, -0.05) is 66.2 Å². The molecular formula is C24H17ClN2O3S. The van der Waals surface area contributed by atoms with Crippen LogP contribution in [0.1, 0.15) is 16.1 Å². The van der Waals surface area contributed by atoms with Crippen molar-refractivity contribution in [2.24, 2.45) is 0 Å². The van der Waals surface area contributed by atoms with Crippen molar-refractivity contribution in [3.63, 3.8) is 0 Å². The van der Waals surface area contributed by atoms with Gasteiger partial charge < -0.3 is 5.11 Å². The molecule has 0 saturated carbocycles. The molecule has 0 bridgehead atoms. The van der Waals surface area contributed by atoms with Gasteiger partial charge in [-0.15, -0.1) is 11.3 Å². The van der Waals surface area contributed by atoms with Crippen molar-refractivity contribution in [1.82, 2.24) is 4.98 Å². The summed E-state index contributed by atoms with van der Waals surface area (Å²) in [7, 11) is 0. The summed E-state index contributed by atoms with van der Waals surface area (Å²) in [5, 5.41) is 14.1. The first-order chi connectivity index (χ1) is 15.0. The predicted molar refractivity (Wildman–Crippen MR) is 124 cm³/mol. The number of amides is 1. The molecule has 4 aromatic rings. The second-order valence-corrected chi connectivity index (χ2v) is 8.07. The highest BCUT2D eigenvalue weighted by atomic mass is 35.5. The Morgan fingerprint density at radius 1 is 0.935 bits per heavy atom. The highest BCUT2D eigenvalue weighted by molar-refractivity contribution is 7.14. The summed E-state index contributed by atoms with van der Waals surface area (Å²) in [6.07, 6.45) is -0.184. The standard InChI is InChI=1S/C24H17ClN2O3S/c25-21-11-10-18(23(30)27-24-26-19(14-31-24)13-22(28)29)12-20(21)17-8-6-16(7-9-17)15-4-2-1-3-5-15/h1-12,14H,13H2,(H,28,29)(H,26,27,30). The molecule has 7 heteroatoms. The number of carbonyl (C=O) groups is 2. The van der Waals surface area contributed by atoms with Gasteiger partial charge >= 0.3 is 5.97 Å². The molecule has 0 saturated heterocycles. The molecule has 0 radical (unpaired) electrons. The number of nitrogens with one attached hydrogen (secondary N) is 1. The van der Waals surface area contributed by atoms with Gasteiger partial charge in [-0.25, -0.2) is 4.98 Å². The average Bonchev–Trinajstić information content (AvgIpc) is 3.20. The largest absolute Gasteiger partial charge is 0.481 e. The van der Waals surface area contributed by atoms with E-state index in [9.17, 15) is 9.59 Å². The monoisotopic (exact) mass is 448 g/mol. The van der Waals surface area contributed by atoms with E-state index in [-0.39, 0.29) is 12.3 Å². The van der Waals surface area contributed by atoms with Crippen molar-refractivity contribution in [3.8, 4) is 22.3 Å². The SMILES string of the molecule is O=C(O)Cc1csc(NC(=O)c2ccc(Cl)c(-c3ccc(-c4ccccc4)cc3)c2)n1. The molecular weight excluding hydrogens is 432 g/mol. The molecule has 0 atom stereocenters. The second kappa shape index (κ2) is 9.12. The molecule has 0 aliphatic carbocycles. The van der Waals surface area contributed by atoms with E-state index in [1.54, 1.807) is 23.6 Å². The van der Waals surface area contributed by atoms with E-state index in [1.165, 1.54) is 11.3 Å². The highest BCUT2D eigenvalue weighted by Crippen LogP contribution is 2.31. The van der Waals surface area contributed by atoms with Crippen molar-refractivity contribution in [1.29, 1.82) is 0 Å². The fourth-order valence-electron chi connectivity index (χ4n) is 3.13. The van der Waals surface area contributed by atoms with Crippen LogP contribution in [0.5, 0.6) is 0 Å². The van der Waals surface area contributed by atoms with E-state index in [1.807, 2.05) is 54.6 Å². The van der Waals surface area contributed by atoms with E-state index >= 15 is 0 Å². The summed E-state index contributed by atoms with van der Waals surface area (Å²) in [5.74, 6) is -1.31. The lowest BCUT2D eigenvalue weighted by molar-refractivity contribution is -0.136. The molecule has 0 aliphatic rings. The smallest absolute Gasteiger partial charge is 0.309 e. The van der Waals surface area contributed by atoms with Crippen LogP contribution in [-0.2, 0) is 11.2 Å². The van der Waals surface area contributed by atoms with Crippen LogP contribution in [0.4, 0.5) is 5.13 Å². The van der Waals surface area contributed by atoms with E-state index in [0.29, 0.717) is 21.4 Å². The molecule has 5 nitrogen and oxygen atoms in total. The van der Waals surface area contributed by atoms with E-state index in [2.05, 4.69) is 10.3 Å². The molecule has 31 heavy (non-hydrogen) atoms. The maximum Gasteiger partial charge on any atom is 0.309 e. The van der Waals surface area contributed by atoms with Crippen LogP contribution in [0, 0.1) is 0 Å². The summed E-state index contributed by atoms with van der Waals surface area (Å²) in [6, 6.07) is 23.1. The normalized spacial score (nSPS) is 10.6. The molecule has 154 valence electrons. The topological polar surface area (TPSA) is 79.3 Å². The summed E-state index contributed by atoms with van der Waals surface area (Å²) < 4.78 is 0. The van der Waals surface area contributed by atoms with E-state index < -0.39 is 5.97 Å².